The Morgan fingerprint density at radius 1 is 1.09 bits per heavy atom. The van der Waals surface area contributed by atoms with Gasteiger partial charge in [0.2, 0.25) is 0 Å². The fraction of sp³-hybridized carbons (Fsp3) is 0.333. The molecule has 0 aromatic heterocycles. The molecule has 1 aromatic carbocycles. The summed E-state index contributed by atoms with van der Waals surface area (Å²) in [5.74, 6) is 0. The van der Waals surface area contributed by atoms with E-state index in [0.29, 0.717) is 6.42 Å². The van der Waals surface area contributed by atoms with Crippen LogP contribution < -0.4 is 0 Å². The maximum Gasteiger partial charge on any atom is 0.151 e. The van der Waals surface area contributed by atoms with E-state index in [1.807, 2.05) is 30.3 Å². The molecule has 0 spiro atoms. The van der Waals surface area contributed by atoms with E-state index in [0.717, 1.165) is 12.0 Å². The first kappa shape index (κ1) is 8.24. The van der Waals surface area contributed by atoms with E-state index in [1.54, 1.807) is 0 Å². The average Bonchev–Trinajstić information content (AvgIpc) is 2.03. The zero-order valence-corrected chi connectivity index (χ0v) is 6.27. The summed E-state index contributed by atoms with van der Waals surface area (Å²) in [6.07, 6.45) is -0.0575. The lowest BCUT2D eigenvalue weighted by atomic mass is 10.1. The molecule has 2 nitrogen and oxygen atoms in total. The lowest BCUT2D eigenvalue weighted by Gasteiger charge is -2.02. The number of aryl methyl sites for hydroxylation is 1. The summed E-state index contributed by atoms with van der Waals surface area (Å²) < 4.78 is 0. The number of aliphatic hydroxyl groups excluding tert-OH is 1. The molecule has 0 aliphatic rings. The Bertz CT molecular complexity index is 194. The Morgan fingerprint density at radius 2 is 1.73 bits per heavy atom. The van der Waals surface area contributed by atoms with Crippen LogP contribution in [0, 0.1) is 0 Å². The van der Waals surface area contributed by atoms with Crippen LogP contribution in [0.3, 0.4) is 0 Å². The van der Waals surface area contributed by atoms with E-state index in [-0.39, 0.29) is 0 Å². The van der Waals surface area contributed by atoms with Gasteiger partial charge in [0.05, 0.1) is 0 Å². The molecular weight excluding hydrogens is 140 g/mol. The van der Waals surface area contributed by atoms with Crippen molar-refractivity contribution in [3.63, 3.8) is 0 Å². The molecule has 0 bridgehead atoms. The van der Waals surface area contributed by atoms with Crippen molar-refractivity contribution in [3.8, 4) is 0 Å². The summed E-state index contributed by atoms with van der Waals surface area (Å²) in [4.78, 5) is 0. The molecule has 2 heteroatoms. The first-order chi connectivity index (χ1) is 5.29. The summed E-state index contributed by atoms with van der Waals surface area (Å²) in [5.41, 5.74) is 1.14. The van der Waals surface area contributed by atoms with Crippen molar-refractivity contribution < 1.29 is 10.2 Å². The van der Waals surface area contributed by atoms with Gasteiger partial charge in [-0.3, -0.25) is 0 Å². The van der Waals surface area contributed by atoms with Gasteiger partial charge >= 0.3 is 0 Å². The zero-order valence-electron chi connectivity index (χ0n) is 6.27. The van der Waals surface area contributed by atoms with Gasteiger partial charge in [0.15, 0.2) is 6.29 Å². The zero-order chi connectivity index (χ0) is 8.10. The van der Waals surface area contributed by atoms with Gasteiger partial charge in [-0.2, -0.15) is 0 Å². The Kier molecular flexibility index (Phi) is 3.08. The Hall–Kier alpha value is -0.860. The molecule has 0 amide bonds. The molecule has 0 aliphatic heterocycles. The minimum absolute atomic E-state index is 0.407. The Balaban J connectivity index is 2.39. The Morgan fingerprint density at radius 3 is 2.27 bits per heavy atom. The van der Waals surface area contributed by atoms with Crippen LogP contribution in [-0.4, -0.2) is 16.5 Å². The predicted octanol–water partition coefficient (Wildman–Crippen LogP) is 0.930. The van der Waals surface area contributed by atoms with Crippen LogP contribution in [0.4, 0.5) is 0 Å². The molecule has 0 radical (unpaired) electrons. The van der Waals surface area contributed by atoms with E-state index in [2.05, 4.69) is 0 Å². The highest BCUT2D eigenvalue weighted by Crippen LogP contribution is 2.03. The van der Waals surface area contributed by atoms with E-state index in [1.165, 1.54) is 0 Å². The summed E-state index contributed by atoms with van der Waals surface area (Å²) in [5, 5.41) is 17.1. The third kappa shape index (κ3) is 3.16. The number of hydrogen-bond acceptors (Lipinski definition) is 2. The highest BCUT2D eigenvalue weighted by Gasteiger charge is 1.97. The predicted molar refractivity (Wildman–Crippen MR) is 43.0 cm³/mol. The van der Waals surface area contributed by atoms with E-state index in [9.17, 15) is 0 Å². The number of hydrogen-bond donors (Lipinski definition) is 2. The lowest BCUT2D eigenvalue weighted by molar-refractivity contribution is -0.0446. The van der Waals surface area contributed by atoms with Gasteiger partial charge < -0.3 is 10.2 Å². The maximum atomic E-state index is 8.57. The third-order valence-electron chi connectivity index (χ3n) is 1.53. The van der Waals surface area contributed by atoms with Crippen LogP contribution in [0.15, 0.2) is 30.3 Å². The molecule has 0 saturated carbocycles. The normalized spacial score (nSPS) is 10.5. The van der Waals surface area contributed by atoms with Crippen LogP contribution >= 0.6 is 0 Å². The van der Waals surface area contributed by atoms with Crippen molar-refractivity contribution in [2.75, 3.05) is 0 Å². The van der Waals surface area contributed by atoms with Crippen molar-refractivity contribution in [1.82, 2.24) is 0 Å². The Labute approximate surface area is 66.1 Å². The maximum absolute atomic E-state index is 8.57. The molecule has 60 valence electrons. The van der Waals surface area contributed by atoms with Crippen molar-refractivity contribution in [2.24, 2.45) is 0 Å². The van der Waals surface area contributed by atoms with Crippen LogP contribution in [-0.2, 0) is 6.42 Å². The van der Waals surface area contributed by atoms with Gasteiger partial charge in [-0.1, -0.05) is 30.3 Å². The summed E-state index contributed by atoms with van der Waals surface area (Å²) in [6, 6.07) is 9.78. The molecule has 0 unspecified atom stereocenters. The van der Waals surface area contributed by atoms with Crippen molar-refractivity contribution >= 4 is 0 Å². The quantitative estimate of drug-likeness (QED) is 0.632. The summed E-state index contributed by atoms with van der Waals surface area (Å²) >= 11 is 0. The second-order valence-electron chi connectivity index (χ2n) is 2.50. The smallest absolute Gasteiger partial charge is 0.151 e. The number of aliphatic hydroxyl groups is 2. The second kappa shape index (κ2) is 4.11. The average molecular weight is 152 g/mol. The van der Waals surface area contributed by atoms with E-state index in [4.69, 9.17) is 10.2 Å². The highest BCUT2D eigenvalue weighted by atomic mass is 16.5. The van der Waals surface area contributed by atoms with Gasteiger partial charge in [-0.05, 0) is 12.0 Å². The van der Waals surface area contributed by atoms with Crippen molar-refractivity contribution in [3.05, 3.63) is 35.9 Å². The van der Waals surface area contributed by atoms with Crippen molar-refractivity contribution in [1.29, 1.82) is 0 Å². The highest BCUT2D eigenvalue weighted by molar-refractivity contribution is 5.14. The molecule has 0 aliphatic carbocycles. The van der Waals surface area contributed by atoms with Crippen LogP contribution in [0.25, 0.3) is 0 Å². The molecule has 0 heterocycles. The minimum atomic E-state index is -1.18. The summed E-state index contributed by atoms with van der Waals surface area (Å²) in [7, 11) is 0. The van der Waals surface area contributed by atoms with Gasteiger partial charge in [0.1, 0.15) is 0 Å². The minimum Gasteiger partial charge on any atom is -0.368 e. The standard InChI is InChI=1S/C9H12O2/c10-9(11)7-6-8-4-2-1-3-5-8/h1-5,9-11H,6-7H2. The third-order valence-corrected chi connectivity index (χ3v) is 1.53. The van der Waals surface area contributed by atoms with Gasteiger partial charge in [-0.25, -0.2) is 0 Å². The van der Waals surface area contributed by atoms with Gasteiger partial charge in [-0.15, -0.1) is 0 Å². The van der Waals surface area contributed by atoms with E-state index < -0.39 is 6.29 Å². The van der Waals surface area contributed by atoms with Gasteiger partial charge in [0, 0.05) is 6.42 Å². The molecule has 0 atom stereocenters. The SMILES string of the molecule is OC(O)CCc1ccccc1. The van der Waals surface area contributed by atoms with Crippen LogP contribution in [0.1, 0.15) is 12.0 Å². The topological polar surface area (TPSA) is 40.5 Å². The number of rotatable bonds is 3. The molecule has 0 saturated heterocycles. The molecule has 11 heavy (non-hydrogen) atoms. The fourth-order valence-corrected chi connectivity index (χ4v) is 0.940. The van der Waals surface area contributed by atoms with Gasteiger partial charge in [0.25, 0.3) is 0 Å². The molecule has 2 N–H and O–H groups in total. The van der Waals surface area contributed by atoms with Crippen LogP contribution in [0.2, 0.25) is 0 Å². The monoisotopic (exact) mass is 152 g/mol. The molecular formula is C9H12O2. The molecule has 1 rings (SSSR count). The fourth-order valence-electron chi connectivity index (χ4n) is 0.940. The lowest BCUT2D eigenvalue weighted by Crippen LogP contribution is -2.05. The second-order valence-corrected chi connectivity index (χ2v) is 2.50. The summed E-state index contributed by atoms with van der Waals surface area (Å²) in [6.45, 7) is 0. The largest absolute Gasteiger partial charge is 0.368 e. The first-order valence-electron chi connectivity index (χ1n) is 3.69. The van der Waals surface area contributed by atoms with Crippen molar-refractivity contribution in [2.45, 2.75) is 19.1 Å². The van der Waals surface area contributed by atoms with E-state index >= 15 is 0 Å². The first-order valence-corrected chi connectivity index (χ1v) is 3.69. The molecule has 1 aromatic rings. The number of benzene rings is 1. The van der Waals surface area contributed by atoms with Crippen LogP contribution in [0.5, 0.6) is 0 Å². The molecule has 0 fully saturated rings.